The molecule has 0 saturated heterocycles. The maximum atomic E-state index is 13.7. The second kappa shape index (κ2) is 12.1. The molecule has 0 saturated carbocycles. The number of anilines is 3. The van der Waals surface area contributed by atoms with Crippen LogP contribution in [0.2, 0.25) is 0 Å². The number of carbonyl (C=O) groups is 1. The predicted molar refractivity (Wildman–Crippen MR) is 142 cm³/mol. The van der Waals surface area contributed by atoms with Gasteiger partial charge in [-0.15, -0.1) is 0 Å². The van der Waals surface area contributed by atoms with Crippen LogP contribution in [0.3, 0.4) is 0 Å². The van der Waals surface area contributed by atoms with E-state index in [0.29, 0.717) is 23.4 Å². The lowest BCUT2D eigenvalue weighted by molar-refractivity contribution is -0.898. The minimum atomic E-state index is -4.90. The third kappa shape index (κ3) is 7.78. The Balaban J connectivity index is 1.42. The maximum Gasteiger partial charge on any atom is 0.475 e. The highest BCUT2D eigenvalue weighted by atomic mass is 19.4. The van der Waals surface area contributed by atoms with Crippen LogP contribution < -0.4 is 21.3 Å². The summed E-state index contributed by atoms with van der Waals surface area (Å²) in [4.78, 5) is 31.9. The van der Waals surface area contributed by atoms with Gasteiger partial charge in [0.25, 0.3) is 0 Å². The van der Waals surface area contributed by atoms with Crippen molar-refractivity contribution < 1.29 is 44.9 Å². The number of pyridine rings is 1. The van der Waals surface area contributed by atoms with Crippen LogP contribution in [-0.4, -0.2) is 57.6 Å². The summed E-state index contributed by atoms with van der Waals surface area (Å²) in [6.45, 7) is 0.0754. The van der Waals surface area contributed by atoms with E-state index in [0.717, 1.165) is 12.1 Å². The third-order valence-corrected chi connectivity index (χ3v) is 6.32. The van der Waals surface area contributed by atoms with E-state index in [1.807, 2.05) is 4.98 Å². The molecule has 0 radical (unpaired) electrons. The van der Waals surface area contributed by atoms with E-state index in [2.05, 4.69) is 31.2 Å². The molecule has 2 aromatic heterocycles. The summed E-state index contributed by atoms with van der Waals surface area (Å²) >= 11 is 0. The first-order chi connectivity index (χ1) is 20.4. The molecule has 1 aliphatic heterocycles. The van der Waals surface area contributed by atoms with Gasteiger partial charge < -0.3 is 35.5 Å². The molecule has 1 atom stereocenters. The van der Waals surface area contributed by atoms with E-state index in [1.165, 1.54) is 18.3 Å². The van der Waals surface area contributed by atoms with E-state index in [1.54, 1.807) is 14.1 Å². The van der Waals surface area contributed by atoms with Crippen molar-refractivity contribution >= 4 is 28.9 Å². The molecule has 0 fully saturated rings. The minimum absolute atomic E-state index is 0.00904. The second-order valence-electron chi connectivity index (χ2n) is 10.3. The Labute approximate surface area is 244 Å². The summed E-state index contributed by atoms with van der Waals surface area (Å²) in [6.07, 6.45) is -6.56. The quantitative estimate of drug-likeness (QED) is 0.0747. The molecular weight excluding hydrogens is 607 g/mol. The van der Waals surface area contributed by atoms with Crippen molar-refractivity contribution in [2.45, 2.75) is 25.1 Å². The number of hydrogen-bond acceptors (Lipinski definition) is 8. The average molecular weight is 633 g/mol. The lowest BCUT2D eigenvalue weighted by atomic mass is 10.1. The molecule has 0 spiro atoms. The number of nitrogens with zero attached hydrogens (tertiary/aromatic N) is 4. The van der Waals surface area contributed by atoms with Gasteiger partial charge >= 0.3 is 24.0 Å². The molecule has 5 N–H and O–H groups in total. The fourth-order valence-corrected chi connectivity index (χ4v) is 4.31. The minimum Gasteiger partial charge on any atom is -0.371 e. The van der Waals surface area contributed by atoms with Crippen molar-refractivity contribution in [3.8, 4) is 0 Å². The third-order valence-electron chi connectivity index (χ3n) is 6.32. The zero-order valence-corrected chi connectivity index (χ0v) is 22.9. The summed E-state index contributed by atoms with van der Waals surface area (Å²) in [7, 11) is 3.16. The van der Waals surface area contributed by atoms with Gasteiger partial charge in [-0.25, -0.2) is 9.37 Å². The lowest BCUT2D eigenvalue weighted by Crippen LogP contribution is -2.39. The number of quaternary nitrogens is 1. The molecule has 236 valence electrons. The van der Waals surface area contributed by atoms with Crippen molar-refractivity contribution in [1.82, 2.24) is 20.3 Å². The van der Waals surface area contributed by atoms with Crippen LogP contribution in [0.15, 0.2) is 42.6 Å². The van der Waals surface area contributed by atoms with Crippen LogP contribution in [0.1, 0.15) is 28.8 Å². The Morgan fingerprint density at radius 1 is 1.18 bits per heavy atom. The van der Waals surface area contributed by atoms with Crippen LogP contribution >= 0.6 is 0 Å². The maximum absolute atomic E-state index is 13.7. The highest BCUT2D eigenvalue weighted by Gasteiger charge is 2.43. The highest BCUT2D eigenvalue weighted by molar-refractivity contribution is 5.98. The number of H-pyrrole nitrogens is 1. The SMILES string of the molecule is C[N+](C)(C/C=C/C(=O)Nc1cc2c(cn1)NCNC2Nc1ccc(F)c(C(F)(F)F)c1)Cc1[nH]c(C(F)(F)F)nc1[N+](=O)[O-]. The molecule has 0 aliphatic carbocycles. The molecule has 1 amide bonds. The largest absolute Gasteiger partial charge is 0.475 e. The fourth-order valence-electron chi connectivity index (χ4n) is 4.31. The van der Waals surface area contributed by atoms with Gasteiger partial charge in [-0.1, -0.05) is 0 Å². The molecule has 4 rings (SSSR count). The van der Waals surface area contributed by atoms with Crippen LogP contribution in [0.25, 0.3) is 0 Å². The number of aromatic amines is 1. The van der Waals surface area contributed by atoms with Crippen molar-refractivity contribution in [3.63, 3.8) is 0 Å². The Hall–Kier alpha value is -4.78. The topological polar surface area (TPSA) is 150 Å². The van der Waals surface area contributed by atoms with Crippen LogP contribution in [-0.2, 0) is 23.7 Å². The van der Waals surface area contributed by atoms with Gasteiger partial charge in [-0.05, 0) is 40.2 Å². The number of imidazole rings is 1. The van der Waals surface area contributed by atoms with Gasteiger partial charge in [0, 0.05) is 17.3 Å². The number of amides is 1. The first-order valence-corrected chi connectivity index (χ1v) is 12.6. The molecule has 19 heteroatoms. The number of rotatable bonds is 9. The van der Waals surface area contributed by atoms with Gasteiger partial charge in [0.15, 0.2) is 5.69 Å². The van der Waals surface area contributed by atoms with E-state index in [9.17, 15) is 45.6 Å². The van der Waals surface area contributed by atoms with Crippen molar-refractivity contribution in [2.75, 3.05) is 43.3 Å². The number of fused-ring (bicyclic) bond motifs is 1. The highest BCUT2D eigenvalue weighted by Crippen LogP contribution is 2.35. The molecule has 3 aromatic rings. The number of likely N-dealkylation sites (N-methyl/N-ethyl adjacent to an activating group) is 1. The Bertz CT molecular complexity index is 1590. The molecule has 1 aromatic carbocycles. The van der Waals surface area contributed by atoms with Gasteiger partial charge in [0.05, 0.1) is 44.8 Å². The van der Waals surface area contributed by atoms with Crippen molar-refractivity contribution in [1.29, 1.82) is 0 Å². The van der Waals surface area contributed by atoms with Gasteiger partial charge in [-0.2, -0.15) is 26.3 Å². The fraction of sp³-hybridized carbons (Fsp3) is 0.320. The van der Waals surface area contributed by atoms with Crippen LogP contribution in [0, 0.1) is 15.9 Å². The van der Waals surface area contributed by atoms with E-state index < -0.39 is 52.4 Å². The summed E-state index contributed by atoms with van der Waals surface area (Å²) in [5.74, 6) is -4.38. The van der Waals surface area contributed by atoms with E-state index in [-0.39, 0.29) is 41.4 Å². The smallest absolute Gasteiger partial charge is 0.371 e. The summed E-state index contributed by atoms with van der Waals surface area (Å²) in [5.41, 5.74) is -0.759. The number of carbonyl (C=O) groups excluding carboxylic acids is 1. The molecule has 1 unspecified atom stereocenters. The predicted octanol–water partition coefficient (Wildman–Crippen LogP) is 4.74. The Morgan fingerprint density at radius 2 is 1.91 bits per heavy atom. The molecule has 44 heavy (non-hydrogen) atoms. The number of nitrogens with one attached hydrogen (secondary N) is 5. The normalized spacial score (nSPS) is 15.5. The van der Waals surface area contributed by atoms with Crippen LogP contribution in [0.4, 0.5) is 53.7 Å². The van der Waals surface area contributed by atoms with Crippen LogP contribution in [0.5, 0.6) is 0 Å². The number of benzene rings is 1. The Morgan fingerprint density at radius 3 is 2.57 bits per heavy atom. The number of halogens is 7. The summed E-state index contributed by atoms with van der Waals surface area (Å²) in [6, 6.07) is 3.98. The Kier molecular flexibility index (Phi) is 8.82. The number of hydrogen-bond donors (Lipinski definition) is 5. The zero-order chi connectivity index (χ0) is 32.4. The molecule has 12 nitrogen and oxygen atoms in total. The zero-order valence-electron chi connectivity index (χ0n) is 22.9. The molecule has 1 aliphatic rings. The number of nitro groups is 1. The summed E-state index contributed by atoms with van der Waals surface area (Å²) in [5, 5.41) is 22.6. The van der Waals surface area contributed by atoms with Crippen molar-refractivity contribution in [3.05, 3.63) is 81.2 Å². The molecule has 0 bridgehead atoms. The molecular formula is C25H25F7N9O3+. The lowest BCUT2D eigenvalue weighted by Gasteiger charge is -2.29. The average Bonchev–Trinajstić information content (AvgIpc) is 3.33. The summed E-state index contributed by atoms with van der Waals surface area (Å²) < 4.78 is 92.0. The first-order valence-electron chi connectivity index (χ1n) is 12.6. The monoisotopic (exact) mass is 632 g/mol. The number of aromatic nitrogens is 3. The first kappa shape index (κ1) is 32.1. The van der Waals surface area contributed by atoms with Gasteiger partial charge in [0.2, 0.25) is 5.91 Å². The van der Waals surface area contributed by atoms with E-state index >= 15 is 0 Å². The van der Waals surface area contributed by atoms with Crippen molar-refractivity contribution in [2.24, 2.45) is 0 Å². The number of alkyl halides is 6. The second-order valence-corrected chi connectivity index (χ2v) is 10.3. The van der Waals surface area contributed by atoms with Gasteiger partial charge in [0.1, 0.15) is 24.3 Å². The molecule has 3 heterocycles. The van der Waals surface area contributed by atoms with E-state index in [4.69, 9.17) is 0 Å². The van der Waals surface area contributed by atoms with Gasteiger partial charge in [-0.3, -0.25) is 10.1 Å². The standard InChI is InChI=1S/C25H24F7N9O3/c1-41(2,11-18-22(40(43)44)39-23(37-18)25(30,31)32)7-3-4-20(42)38-19-9-14-17(10-33-19)34-12-35-21(14)36-13-5-6-16(26)15(8-13)24(27,28)29/h3-6,8-10,21,34-36H,7,11-12H2,1-2H3,(H-,33,37,38,39,42)/p+1/b4-3+.